The molecule has 2 aliphatic rings. The monoisotopic (exact) mass is 612 g/mol. The molecule has 0 bridgehead atoms. The lowest BCUT2D eigenvalue weighted by Gasteiger charge is -2.22. The maximum Gasteiger partial charge on any atom is 0.0159 e. The van der Waals surface area contributed by atoms with Crippen molar-refractivity contribution in [3.63, 3.8) is 0 Å². The van der Waals surface area contributed by atoms with E-state index in [2.05, 4.69) is 172 Å². The molecular weight excluding hydrogens is 577 g/mol. The topological polar surface area (TPSA) is 0 Å². The highest BCUT2D eigenvalue weighted by Gasteiger charge is 2.36. The van der Waals surface area contributed by atoms with Gasteiger partial charge in [-0.15, -0.1) is 0 Å². The van der Waals surface area contributed by atoms with E-state index in [0.29, 0.717) is 0 Å². The van der Waals surface area contributed by atoms with Crippen LogP contribution in [0.15, 0.2) is 158 Å². The first-order valence-corrected chi connectivity index (χ1v) is 16.6. The Morgan fingerprint density at radius 1 is 0.333 bits per heavy atom. The molecule has 0 radical (unpaired) electrons. The number of benzene rings is 8. The van der Waals surface area contributed by atoms with Crippen molar-refractivity contribution in [2.45, 2.75) is 26.7 Å². The minimum absolute atomic E-state index is 0. The Labute approximate surface area is 283 Å². The van der Waals surface area contributed by atoms with Crippen LogP contribution in [-0.2, 0) is 5.41 Å². The quantitative estimate of drug-likeness (QED) is 0.186. The van der Waals surface area contributed by atoms with Crippen LogP contribution in [0.5, 0.6) is 0 Å². The first-order chi connectivity index (χ1) is 23.1. The summed E-state index contributed by atoms with van der Waals surface area (Å²) < 4.78 is 0. The van der Waals surface area contributed by atoms with Gasteiger partial charge >= 0.3 is 0 Å². The van der Waals surface area contributed by atoms with Gasteiger partial charge in [0.05, 0.1) is 0 Å². The Morgan fingerprint density at radius 3 is 1.48 bits per heavy atom. The first-order valence-electron chi connectivity index (χ1n) is 16.6. The van der Waals surface area contributed by atoms with Crippen LogP contribution in [0.4, 0.5) is 0 Å². The molecule has 0 nitrogen and oxygen atoms in total. The second-order valence-corrected chi connectivity index (χ2v) is 13.6. The zero-order chi connectivity index (χ0) is 31.3. The van der Waals surface area contributed by atoms with Gasteiger partial charge in [0.25, 0.3) is 0 Å². The Morgan fingerprint density at radius 2 is 0.812 bits per heavy atom. The smallest absolute Gasteiger partial charge is 0.0159 e. The molecule has 8 aromatic rings. The molecule has 2 aliphatic carbocycles. The Balaban J connectivity index is 0.00000314. The molecule has 0 fully saturated rings. The number of hydrogen-bond acceptors (Lipinski definition) is 0. The van der Waals surface area contributed by atoms with E-state index >= 15 is 0 Å². The SMILES string of the molecule is C.CC1(C)c2ccccc2-c2ccc(-c3ccc4c5c(cccc35)-c3c-4c(-c4ccccc4)c4ccccc4c3-c3ccccc3)cc21. The Bertz CT molecular complexity index is 2480. The molecule has 0 saturated heterocycles. The Kier molecular flexibility index (Phi) is 6.17. The minimum Gasteiger partial charge on any atom is -0.0776 e. The van der Waals surface area contributed by atoms with Crippen molar-refractivity contribution in [2.75, 3.05) is 0 Å². The summed E-state index contributed by atoms with van der Waals surface area (Å²) in [4.78, 5) is 0. The summed E-state index contributed by atoms with van der Waals surface area (Å²) >= 11 is 0. The van der Waals surface area contributed by atoms with Gasteiger partial charge in [-0.2, -0.15) is 0 Å². The first kappa shape index (κ1) is 28.5. The highest BCUT2D eigenvalue weighted by molar-refractivity contribution is 6.28. The van der Waals surface area contributed by atoms with Crippen molar-refractivity contribution in [3.8, 4) is 66.8 Å². The largest absolute Gasteiger partial charge is 0.0776 e. The molecular formula is C48H36. The molecule has 0 unspecified atom stereocenters. The van der Waals surface area contributed by atoms with Crippen LogP contribution in [0.25, 0.3) is 88.3 Å². The zero-order valence-corrected chi connectivity index (χ0v) is 26.5. The molecule has 0 amide bonds. The predicted octanol–water partition coefficient (Wildman–Crippen LogP) is 13.6. The second kappa shape index (κ2) is 10.4. The highest BCUT2D eigenvalue weighted by Crippen LogP contribution is 2.59. The maximum atomic E-state index is 2.46. The van der Waals surface area contributed by atoms with E-state index in [4.69, 9.17) is 0 Å². The maximum absolute atomic E-state index is 2.46. The standard InChI is InChI=1S/C47H32.CH4/c1-47(2)40-23-12-11-18-33(40)34-25-24-31(28-41(34)47)32-26-27-39-44-35(32)21-13-22-38(44)45-42(29-14-5-3-6-15-29)36-19-9-10-20-37(36)43(46(39)45)30-16-7-4-8-17-30;/h3-28H,1-2H3;1H4. The van der Waals surface area contributed by atoms with Gasteiger partial charge in [0.2, 0.25) is 0 Å². The van der Waals surface area contributed by atoms with E-state index in [9.17, 15) is 0 Å². The van der Waals surface area contributed by atoms with E-state index in [1.54, 1.807) is 0 Å². The Hall–Kier alpha value is -5.72. The van der Waals surface area contributed by atoms with Gasteiger partial charge in [-0.1, -0.05) is 173 Å². The molecule has 0 N–H and O–H groups in total. The summed E-state index contributed by atoms with van der Waals surface area (Å²) in [6.07, 6.45) is 0. The van der Waals surface area contributed by atoms with Crippen LogP contribution in [0.2, 0.25) is 0 Å². The summed E-state index contributed by atoms with van der Waals surface area (Å²) in [5.74, 6) is 0. The van der Waals surface area contributed by atoms with Crippen molar-refractivity contribution in [2.24, 2.45) is 0 Å². The van der Waals surface area contributed by atoms with E-state index in [-0.39, 0.29) is 12.8 Å². The summed E-state index contributed by atoms with van der Waals surface area (Å²) in [6, 6.07) is 58.7. The molecule has 48 heavy (non-hydrogen) atoms. The number of hydrogen-bond donors (Lipinski definition) is 0. The number of fused-ring (bicyclic) bond motifs is 7. The number of rotatable bonds is 3. The summed E-state index contributed by atoms with van der Waals surface area (Å²) in [5.41, 5.74) is 18.6. The van der Waals surface area contributed by atoms with Gasteiger partial charge in [-0.3, -0.25) is 0 Å². The normalized spacial score (nSPS) is 13.2. The van der Waals surface area contributed by atoms with Crippen molar-refractivity contribution in [1.82, 2.24) is 0 Å². The fourth-order valence-corrected chi connectivity index (χ4v) is 8.73. The van der Waals surface area contributed by atoms with Crippen molar-refractivity contribution in [1.29, 1.82) is 0 Å². The van der Waals surface area contributed by atoms with Crippen molar-refractivity contribution < 1.29 is 0 Å². The molecule has 0 aliphatic heterocycles. The van der Waals surface area contributed by atoms with Gasteiger partial charge in [-0.05, 0) is 105 Å². The molecule has 0 heterocycles. The third kappa shape index (κ3) is 3.78. The van der Waals surface area contributed by atoms with Crippen LogP contribution in [-0.4, -0.2) is 0 Å². The third-order valence-electron chi connectivity index (χ3n) is 10.8. The van der Waals surface area contributed by atoms with E-state index in [1.165, 1.54) is 99.4 Å². The average Bonchev–Trinajstić information content (AvgIpc) is 3.57. The molecule has 0 heteroatoms. The molecule has 8 aromatic carbocycles. The van der Waals surface area contributed by atoms with Gasteiger partial charge in [-0.25, -0.2) is 0 Å². The van der Waals surface area contributed by atoms with Gasteiger partial charge in [0.1, 0.15) is 0 Å². The van der Waals surface area contributed by atoms with Gasteiger partial charge in [0, 0.05) is 5.41 Å². The molecule has 0 spiro atoms. The average molecular weight is 613 g/mol. The summed E-state index contributed by atoms with van der Waals surface area (Å²) in [5, 5.41) is 5.25. The lowest BCUT2D eigenvalue weighted by molar-refractivity contribution is 0.660. The highest BCUT2D eigenvalue weighted by atomic mass is 14.4. The molecule has 10 rings (SSSR count). The lowest BCUT2D eigenvalue weighted by atomic mass is 9.81. The third-order valence-corrected chi connectivity index (χ3v) is 10.8. The zero-order valence-electron chi connectivity index (χ0n) is 26.5. The molecule has 0 saturated carbocycles. The van der Waals surface area contributed by atoms with Crippen molar-refractivity contribution >= 4 is 21.5 Å². The van der Waals surface area contributed by atoms with Crippen LogP contribution in [0, 0.1) is 0 Å². The van der Waals surface area contributed by atoms with E-state index in [1.807, 2.05) is 0 Å². The van der Waals surface area contributed by atoms with Crippen LogP contribution >= 0.6 is 0 Å². The summed E-state index contributed by atoms with van der Waals surface area (Å²) in [6.45, 7) is 4.74. The molecule has 0 aromatic heterocycles. The molecule has 0 atom stereocenters. The van der Waals surface area contributed by atoms with Crippen LogP contribution < -0.4 is 0 Å². The van der Waals surface area contributed by atoms with Gasteiger partial charge in [0.15, 0.2) is 0 Å². The lowest BCUT2D eigenvalue weighted by Crippen LogP contribution is -2.14. The molecule has 228 valence electrons. The fraction of sp³-hybridized carbons (Fsp3) is 0.0833. The fourth-order valence-electron chi connectivity index (χ4n) is 8.73. The second-order valence-electron chi connectivity index (χ2n) is 13.6. The van der Waals surface area contributed by atoms with Crippen LogP contribution in [0.1, 0.15) is 32.4 Å². The summed E-state index contributed by atoms with van der Waals surface area (Å²) in [7, 11) is 0. The minimum atomic E-state index is -0.0394. The van der Waals surface area contributed by atoms with Gasteiger partial charge < -0.3 is 0 Å². The van der Waals surface area contributed by atoms with E-state index in [0.717, 1.165) is 0 Å². The van der Waals surface area contributed by atoms with E-state index < -0.39 is 0 Å². The predicted molar refractivity (Wildman–Crippen MR) is 206 cm³/mol. The van der Waals surface area contributed by atoms with Crippen LogP contribution in [0.3, 0.4) is 0 Å². The van der Waals surface area contributed by atoms with Crippen molar-refractivity contribution in [3.05, 3.63) is 169 Å².